The zero-order valence-electron chi connectivity index (χ0n) is 9.95. The number of hydrogen-bond donors (Lipinski definition) is 0. The molecular weight excluding hydrogens is 228 g/mol. The Bertz CT molecular complexity index is 660. The molecule has 3 aromatic heterocycles. The smallest absolute Gasteiger partial charge is 0.233 e. The highest BCUT2D eigenvalue weighted by molar-refractivity contribution is 5.60. The van der Waals surface area contributed by atoms with Crippen LogP contribution in [0.25, 0.3) is 16.9 Å². The summed E-state index contributed by atoms with van der Waals surface area (Å²) in [5, 5.41) is 12.5. The monoisotopic (exact) mass is 240 g/mol. The summed E-state index contributed by atoms with van der Waals surface area (Å²) in [5.41, 5.74) is 2.71. The van der Waals surface area contributed by atoms with Crippen LogP contribution in [0.5, 0.6) is 5.88 Å². The highest BCUT2D eigenvalue weighted by Gasteiger charge is 2.06. The van der Waals surface area contributed by atoms with Gasteiger partial charge in [-0.2, -0.15) is 5.10 Å². The van der Waals surface area contributed by atoms with E-state index in [-0.39, 0.29) is 0 Å². The minimum absolute atomic E-state index is 0.536. The molecule has 0 aromatic carbocycles. The van der Waals surface area contributed by atoms with Gasteiger partial charge in [-0.3, -0.25) is 0 Å². The van der Waals surface area contributed by atoms with E-state index in [1.165, 1.54) is 0 Å². The lowest BCUT2D eigenvalue weighted by atomic mass is 10.2. The van der Waals surface area contributed by atoms with Crippen molar-refractivity contribution in [3.8, 4) is 17.3 Å². The van der Waals surface area contributed by atoms with Gasteiger partial charge < -0.3 is 4.74 Å². The Morgan fingerprint density at radius 1 is 1.11 bits per heavy atom. The van der Waals surface area contributed by atoms with Gasteiger partial charge in [0.2, 0.25) is 5.88 Å². The summed E-state index contributed by atoms with van der Waals surface area (Å²) in [6.45, 7) is 2.50. The molecule has 3 heterocycles. The predicted molar refractivity (Wildman–Crippen MR) is 67.4 cm³/mol. The van der Waals surface area contributed by atoms with Crippen molar-refractivity contribution in [2.45, 2.75) is 6.92 Å². The third-order valence-electron chi connectivity index (χ3n) is 2.62. The first-order chi connectivity index (χ1) is 8.88. The molecule has 0 spiro atoms. The lowest BCUT2D eigenvalue weighted by Gasteiger charge is -2.04. The second-order valence-electron chi connectivity index (χ2n) is 3.77. The van der Waals surface area contributed by atoms with E-state index in [1.54, 1.807) is 6.20 Å². The Balaban J connectivity index is 2.06. The van der Waals surface area contributed by atoms with Crippen molar-refractivity contribution in [1.29, 1.82) is 0 Å². The zero-order chi connectivity index (χ0) is 12.4. The summed E-state index contributed by atoms with van der Waals surface area (Å²) >= 11 is 0. The molecule has 3 rings (SSSR count). The first-order valence-corrected chi connectivity index (χ1v) is 5.78. The van der Waals surface area contributed by atoms with Gasteiger partial charge in [0.05, 0.1) is 24.0 Å². The molecule has 90 valence electrons. The number of rotatable bonds is 3. The summed E-state index contributed by atoms with van der Waals surface area (Å²) in [7, 11) is 0. The third kappa shape index (κ3) is 1.79. The minimum Gasteiger partial charge on any atom is -0.477 e. The van der Waals surface area contributed by atoms with Gasteiger partial charge in [0, 0.05) is 6.07 Å². The van der Waals surface area contributed by atoms with E-state index in [2.05, 4.69) is 15.3 Å². The molecule has 0 radical (unpaired) electrons. The topological polar surface area (TPSA) is 52.3 Å². The molecule has 5 nitrogen and oxygen atoms in total. The molecule has 0 N–H and O–H groups in total. The molecule has 0 aliphatic rings. The Hall–Kier alpha value is -2.43. The number of ether oxygens (including phenoxy) is 1. The van der Waals surface area contributed by atoms with Crippen molar-refractivity contribution in [3.63, 3.8) is 0 Å². The quantitative estimate of drug-likeness (QED) is 0.704. The molecule has 18 heavy (non-hydrogen) atoms. The van der Waals surface area contributed by atoms with Gasteiger partial charge in [0.1, 0.15) is 5.69 Å². The number of fused-ring (bicyclic) bond motifs is 1. The highest BCUT2D eigenvalue weighted by atomic mass is 16.5. The van der Waals surface area contributed by atoms with Crippen LogP contribution in [0.15, 0.2) is 42.6 Å². The van der Waals surface area contributed by atoms with Gasteiger partial charge in [0.15, 0.2) is 0 Å². The molecule has 3 aromatic rings. The molecule has 0 unspecified atom stereocenters. The molecule has 0 amide bonds. The van der Waals surface area contributed by atoms with Gasteiger partial charge >= 0.3 is 0 Å². The molecule has 0 aliphatic heterocycles. The number of nitrogens with zero attached hydrogens (tertiary/aromatic N) is 4. The van der Waals surface area contributed by atoms with Crippen LogP contribution in [0, 0.1) is 0 Å². The summed E-state index contributed by atoms with van der Waals surface area (Å²) in [6, 6.07) is 11.6. The Kier molecular flexibility index (Phi) is 2.64. The molecular formula is C13H12N4O. The van der Waals surface area contributed by atoms with Crippen molar-refractivity contribution in [1.82, 2.24) is 19.8 Å². The molecule has 0 saturated carbocycles. The zero-order valence-corrected chi connectivity index (χ0v) is 9.95. The summed E-state index contributed by atoms with van der Waals surface area (Å²) in [6.07, 6.45) is 1.76. The molecule has 0 atom stereocenters. The Morgan fingerprint density at radius 3 is 2.83 bits per heavy atom. The standard InChI is InChI=1S/C13H12N4O/c1-2-18-13-7-6-11(15-16-13)12-5-3-4-10-8-9-14-17(10)12/h3-9H,2H2,1H3. The maximum atomic E-state index is 5.27. The largest absolute Gasteiger partial charge is 0.477 e. The minimum atomic E-state index is 0.536. The van der Waals surface area contributed by atoms with E-state index in [0.717, 1.165) is 16.9 Å². The van der Waals surface area contributed by atoms with Gasteiger partial charge in [0.25, 0.3) is 0 Å². The third-order valence-corrected chi connectivity index (χ3v) is 2.62. The maximum absolute atomic E-state index is 5.27. The van der Waals surface area contributed by atoms with Crippen LogP contribution in [0.4, 0.5) is 0 Å². The van der Waals surface area contributed by atoms with Crippen molar-refractivity contribution >= 4 is 5.52 Å². The van der Waals surface area contributed by atoms with Gasteiger partial charge in [-0.1, -0.05) is 6.07 Å². The molecule has 0 bridgehead atoms. The summed E-state index contributed by atoms with van der Waals surface area (Å²) < 4.78 is 7.11. The summed E-state index contributed by atoms with van der Waals surface area (Å²) in [5.74, 6) is 0.536. The molecule has 0 saturated heterocycles. The van der Waals surface area contributed by atoms with Crippen LogP contribution in [0.1, 0.15) is 6.92 Å². The van der Waals surface area contributed by atoms with E-state index >= 15 is 0 Å². The van der Waals surface area contributed by atoms with Crippen LogP contribution in [-0.2, 0) is 0 Å². The first-order valence-electron chi connectivity index (χ1n) is 5.78. The second-order valence-corrected chi connectivity index (χ2v) is 3.77. The molecule has 5 heteroatoms. The first kappa shape index (κ1) is 10.7. The average molecular weight is 240 g/mol. The SMILES string of the molecule is CCOc1ccc(-c2cccc3ccnn23)nn1. The Morgan fingerprint density at radius 2 is 2.06 bits per heavy atom. The van der Waals surface area contributed by atoms with E-state index < -0.39 is 0 Å². The second kappa shape index (κ2) is 4.44. The van der Waals surface area contributed by atoms with Gasteiger partial charge in [-0.15, -0.1) is 10.2 Å². The number of pyridine rings is 1. The van der Waals surface area contributed by atoms with Crippen molar-refractivity contribution in [2.24, 2.45) is 0 Å². The van der Waals surface area contributed by atoms with Crippen LogP contribution in [0.3, 0.4) is 0 Å². The van der Waals surface area contributed by atoms with E-state index in [0.29, 0.717) is 12.5 Å². The lowest BCUT2D eigenvalue weighted by Crippen LogP contribution is -1.99. The fourth-order valence-corrected chi connectivity index (χ4v) is 1.82. The summed E-state index contributed by atoms with van der Waals surface area (Å²) in [4.78, 5) is 0. The molecule has 0 fully saturated rings. The van der Waals surface area contributed by atoms with Crippen LogP contribution < -0.4 is 4.74 Å². The predicted octanol–water partition coefficient (Wildman–Crippen LogP) is 2.19. The fraction of sp³-hybridized carbons (Fsp3) is 0.154. The van der Waals surface area contributed by atoms with Crippen molar-refractivity contribution in [3.05, 3.63) is 42.6 Å². The van der Waals surface area contributed by atoms with E-state index in [1.807, 2.05) is 47.8 Å². The van der Waals surface area contributed by atoms with Crippen LogP contribution >= 0.6 is 0 Å². The Labute approximate surface area is 104 Å². The van der Waals surface area contributed by atoms with Crippen molar-refractivity contribution < 1.29 is 4.74 Å². The van der Waals surface area contributed by atoms with E-state index in [4.69, 9.17) is 4.74 Å². The lowest BCUT2D eigenvalue weighted by molar-refractivity contribution is 0.323. The van der Waals surface area contributed by atoms with Crippen molar-refractivity contribution in [2.75, 3.05) is 6.61 Å². The average Bonchev–Trinajstić information content (AvgIpc) is 2.88. The van der Waals surface area contributed by atoms with Crippen LogP contribution in [-0.4, -0.2) is 26.4 Å². The number of aromatic nitrogens is 4. The number of hydrogen-bond acceptors (Lipinski definition) is 4. The maximum Gasteiger partial charge on any atom is 0.233 e. The highest BCUT2D eigenvalue weighted by Crippen LogP contribution is 2.18. The normalized spacial score (nSPS) is 10.7. The molecule has 0 aliphatic carbocycles. The van der Waals surface area contributed by atoms with Crippen LogP contribution in [0.2, 0.25) is 0 Å². The van der Waals surface area contributed by atoms with E-state index in [9.17, 15) is 0 Å². The van der Waals surface area contributed by atoms with Gasteiger partial charge in [-0.05, 0) is 31.2 Å². The fourth-order valence-electron chi connectivity index (χ4n) is 1.82. The van der Waals surface area contributed by atoms with Gasteiger partial charge in [-0.25, -0.2) is 4.52 Å².